The number of aliphatic hydroxyl groups is 1. The Labute approximate surface area is 88.4 Å². The zero-order chi connectivity index (χ0) is 9.97. The Hall–Kier alpha value is -0.450. The van der Waals surface area contributed by atoms with Gasteiger partial charge in [0.2, 0.25) is 0 Å². The van der Waals surface area contributed by atoms with Gasteiger partial charge in [-0.3, -0.25) is 9.88 Å². The van der Waals surface area contributed by atoms with Crippen LogP contribution in [-0.4, -0.2) is 34.2 Å². The maximum Gasteiger partial charge on any atom is 0.0794 e. The number of rotatable bonds is 2. The summed E-state index contributed by atoms with van der Waals surface area (Å²) in [6, 6.07) is 0. The Morgan fingerprint density at radius 1 is 1.71 bits per heavy atom. The van der Waals surface area contributed by atoms with Crippen LogP contribution in [0.5, 0.6) is 0 Å². The molecule has 1 aromatic heterocycles. The van der Waals surface area contributed by atoms with E-state index in [0.29, 0.717) is 5.92 Å². The number of hydrogen-bond acceptors (Lipinski definition) is 4. The quantitative estimate of drug-likeness (QED) is 0.804. The second-order valence-corrected chi connectivity index (χ2v) is 5.01. The second kappa shape index (κ2) is 4.38. The van der Waals surface area contributed by atoms with E-state index >= 15 is 0 Å². The van der Waals surface area contributed by atoms with Crippen LogP contribution in [0.1, 0.15) is 18.2 Å². The number of hydrogen-bond donors (Lipinski definition) is 1. The van der Waals surface area contributed by atoms with E-state index in [4.69, 9.17) is 0 Å². The van der Waals surface area contributed by atoms with Crippen molar-refractivity contribution in [3.05, 3.63) is 16.6 Å². The first-order valence-electron chi connectivity index (χ1n) is 5.03. The highest BCUT2D eigenvalue weighted by Crippen LogP contribution is 2.19. The third kappa shape index (κ3) is 2.32. The molecule has 1 fully saturated rings. The minimum absolute atomic E-state index is 0.156. The smallest absolute Gasteiger partial charge is 0.0794 e. The van der Waals surface area contributed by atoms with E-state index < -0.39 is 0 Å². The number of aliphatic hydroxyl groups excluding tert-OH is 1. The highest BCUT2D eigenvalue weighted by molar-refractivity contribution is 7.09. The van der Waals surface area contributed by atoms with Gasteiger partial charge in [-0.25, -0.2) is 0 Å². The molecule has 3 nitrogen and oxygen atoms in total. The Morgan fingerprint density at radius 3 is 3.21 bits per heavy atom. The summed E-state index contributed by atoms with van der Waals surface area (Å²) < 4.78 is 0. The molecule has 0 saturated carbocycles. The molecule has 0 bridgehead atoms. The SMILES string of the molecule is CC1CCN(Cc2cncs2)CC1O. The van der Waals surface area contributed by atoms with E-state index in [-0.39, 0.29) is 6.10 Å². The number of likely N-dealkylation sites (tertiary alicyclic amines) is 1. The van der Waals surface area contributed by atoms with E-state index in [0.717, 1.165) is 26.1 Å². The largest absolute Gasteiger partial charge is 0.392 e. The van der Waals surface area contributed by atoms with Gasteiger partial charge in [-0.1, -0.05) is 6.92 Å². The van der Waals surface area contributed by atoms with Gasteiger partial charge < -0.3 is 5.11 Å². The minimum atomic E-state index is -0.156. The summed E-state index contributed by atoms with van der Waals surface area (Å²) in [5.41, 5.74) is 1.86. The molecule has 2 heterocycles. The van der Waals surface area contributed by atoms with Crippen molar-refractivity contribution in [3.63, 3.8) is 0 Å². The van der Waals surface area contributed by atoms with Gasteiger partial charge in [0.15, 0.2) is 0 Å². The molecular weight excluding hydrogens is 196 g/mol. The number of nitrogens with zero attached hydrogens (tertiary/aromatic N) is 2. The fourth-order valence-electron chi connectivity index (χ4n) is 1.80. The van der Waals surface area contributed by atoms with Crippen molar-refractivity contribution in [1.82, 2.24) is 9.88 Å². The summed E-state index contributed by atoms with van der Waals surface area (Å²) in [7, 11) is 0. The van der Waals surface area contributed by atoms with Gasteiger partial charge in [-0.15, -0.1) is 11.3 Å². The lowest BCUT2D eigenvalue weighted by atomic mass is 9.96. The first kappa shape index (κ1) is 10.1. The third-order valence-electron chi connectivity index (χ3n) is 2.87. The molecule has 4 heteroatoms. The standard InChI is InChI=1S/C10H16N2OS/c1-8-2-3-12(6-10(8)13)5-9-4-11-7-14-9/h4,7-8,10,13H,2-3,5-6H2,1H3. The van der Waals surface area contributed by atoms with Crippen LogP contribution in [0.25, 0.3) is 0 Å². The molecule has 78 valence electrons. The van der Waals surface area contributed by atoms with Gasteiger partial charge in [0, 0.05) is 24.2 Å². The molecule has 1 N–H and O–H groups in total. The van der Waals surface area contributed by atoms with Crippen LogP contribution < -0.4 is 0 Å². The Kier molecular flexibility index (Phi) is 3.15. The van der Waals surface area contributed by atoms with E-state index in [1.807, 2.05) is 11.7 Å². The fraction of sp³-hybridized carbons (Fsp3) is 0.700. The predicted octanol–water partition coefficient (Wildman–Crippen LogP) is 1.35. The summed E-state index contributed by atoms with van der Waals surface area (Å²) in [6.07, 6.45) is 2.85. The summed E-state index contributed by atoms with van der Waals surface area (Å²) >= 11 is 1.68. The highest BCUT2D eigenvalue weighted by atomic mass is 32.1. The summed E-state index contributed by atoms with van der Waals surface area (Å²) in [6.45, 7) is 4.96. The van der Waals surface area contributed by atoms with E-state index in [9.17, 15) is 5.11 Å². The first-order chi connectivity index (χ1) is 6.75. The third-order valence-corrected chi connectivity index (χ3v) is 3.63. The van der Waals surface area contributed by atoms with Crippen LogP contribution in [0, 0.1) is 5.92 Å². The zero-order valence-corrected chi connectivity index (χ0v) is 9.20. The van der Waals surface area contributed by atoms with Crippen LogP contribution >= 0.6 is 11.3 Å². The van der Waals surface area contributed by atoms with Crippen LogP contribution in [0.3, 0.4) is 0 Å². The summed E-state index contributed by atoms with van der Waals surface area (Å²) in [4.78, 5) is 7.64. The first-order valence-corrected chi connectivity index (χ1v) is 5.91. The fourth-order valence-corrected chi connectivity index (χ4v) is 2.43. The molecule has 0 amide bonds. The lowest BCUT2D eigenvalue weighted by Crippen LogP contribution is -2.42. The monoisotopic (exact) mass is 212 g/mol. The molecule has 2 rings (SSSR count). The van der Waals surface area contributed by atoms with Crippen molar-refractivity contribution in [2.45, 2.75) is 26.0 Å². The van der Waals surface area contributed by atoms with E-state index in [1.54, 1.807) is 11.3 Å². The number of β-amino-alcohol motifs (C(OH)–C–C–N with tert-alkyl or cyclic N) is 1. The van der Waals surface area contributed by atoms with Crippen molar-refractivity contribution < 1.29 is 5.11 Å². The molecule has 0 aliphatic carbocycles. The molecule has 2 unspecified atom stereocenters. The van der Waals surface area contributed by atoms with E-state index in [2.05, 4.69) is 16.8 Å². The molecule has 14 heavy (non-hydrogen) atoms. The van der Waals surface area contributed by atoms with Crippen molar-refractivity contribution >= 4 is 11.3 Å². The number of piperidine rings is 1. The van der Waals surface area contributed by atoms with Crippen molar-refractivity contribution in [2.24, 2.45) is 5.92 Å². The average Bonchev–Trinajstić information content (AvgIpc) is 2.64. The maximum atomic E-state index is 9.72. The zero-order valence-electron chi connectivity index (χ0n) is 8.39. The summed E-state index contributed by atoms with van der Waals surface area (Å²) in [5.74, 6) is 0.452. The highest BCUT2D eigenvalue weighted by Gasteiger charge is 2.24. The van der Waals surface area contributed by atoms with Gasteiger partial charge in [0.05, 0.1) is 11.6 Å². The average molecular weight is 212 g/mol. The van der Waals surface area contributed by atoms with Crippen molar-refractivity contribution in [2.75, 3.05) is 13.1 Å². The van der Waals surface area contributed by atoms with Gasteiger partial charge in [0.1, 0.15) is 0 Å². The molecule has 1 aromatic rings. The normalized spacial score (nSPS) is 29.3. The Bertz CT molecular complexity index is 276. The molecular formula is C10H16N2OS. The van der Waals surface area contributed by atoms with Crippen LogP contribution in [0.2, 0.25) is 0 Å². The van der Waals surface area contributed by atoms with Crippen LogP contribution in [0.4, 0.5) is 0 Å². The lowest BCUT2D eigenvalue weighted by Gasteiger charge is -2.33. The molecule has 0 spiro atoms. The molecule has 1 aliphatic heterocycles. The van der Waals surface area contributed by atoms with Gasteiger partial charge in [-0.05, 0) is 18.9 Å². The topological polar surface area (TPSA) is 36.4 Å². The molecule has 0 aromatic carbocycles. The maximum absolute atomic E-state index is 9.72. The Balaban J connectivity index is 1.88. The van der Waals surface area contributed by atoms with Gasteiger partial charge in [-0.2, -0.15) is 0 Å². The molecule has 1 saturated heterocycles. The van der Waals surface area contributed by atoms with Gasteiger partial charge >= 0.3 is 0 Å². The second-order valence-electron chi connectivity index (χ2n) is 4.04. The summed E-state index contributed by atoms with van der Waals surface area (Å²) in [5, 5.41) is 9.72. The van der Waals surface area contributed by atoms with Crippen molar-refractivity contribution in [1.29, 1.82) is 0 Å². The number of aromatic nitrogens is 1. The molecule has 0 radical (unpaired) electrons. The Morgan fingerprint density at radius 2 is 2.57 bits per heavy atom. The minimum Gasteiger partial charge on any atom is -0.392 e. The van der Waals surface area contributed by atoms with E-state index in [1.165, 1.54) is 4.88 Å². The van der Waals surface area contributed by atoms with Crippen LogP contribution in [-0.2, 0) is 6.54 Å². The molecule has 1 aliphatic rings. The number of thiazole rings is 1. The molecule has 2 atom stereocenters. The predicted molar refractivity (Wildman–Crippen MR) is 57.2 cm³/mol. The van der Waals surface area contributed by atoms with Crippen molar-refractivity contribution in [3.8, 4) is 0 Å². The lowest BCUT2D eigenvalue weighted by molar-refractivity contribution is 0.0263. The van der Waals surface area contributed by atoms with Gasteiger partial charge in [0.25, 0.3) is 0 Å². The van der Waals surface area contributed by atoms with Crippen LogP contribution in [0.15, 0.2) is 11.7 Å².